The third-order valence-corrected chi connectivity index (χ3v) is 1.17. The Morgan fingerprint density at radius 2 is 1.65 bits per heavy atom. The molecule has 0 unspecified atom stereocenters. The van der Waals surface area contributed by atoms with Crippen LogP contribution in [0.25, 0.3) is 0 Å². The second-order valence-electron chi connectivity index (χ2n) is 2.34. The maximum Gasteiger partial charge on any atom is 0.407 e. The highest BCUT2D eigenvalue weighted by atomic mass is 16.5. The zero-order chi connectivity index (χ0) is 14.1. The van der Waals surface area contributed by atoms with Gasteiger partial charge in [0.05, 0.1) is 13.2 Å². The minimum atomic E-state index is -0.440. The van der Waals surface area contributed by atoms with Gasteiger partial charge in [0.15, 0.2) is 0 Å². The third kappa shape index (κ3) is 25.2. The summed E-state index contributed by atoms with van der Waals surface area (Å²) in [5.41, 5.74) is 0. The lowest BCUT2D eigenvalue weighted by molar-refractivity contribution is -0.140. The zero-order valence-corrected chi connectivity index (χ0v) is 12.0. The van der Waals surface area contributed by atoms with Crippen molar-refractivity contribution < 1.29 is 20.5 Å². The van der Waals surface area contributed by atoms with Crippen molar-refractivity contribution in [2.45, 2.75) is 48.0 Å². The van der Waals surface area contributed by atoms with Crippen LogP contribution in [0, 0.1) is 0 Å². The number of hydrogen-bond donors (Lipinski definition) is 1. The first-order valence-electron chi connectivity index (χ1n) is 6.20. The Hall–Kier alpha value is -1.26. The monoisotopic (exact) mass is 251 g/mol. The lowest BCUT2D eigenvalue weighted by Gasteiger charge is -2.04. The zero-order valence-electron chi connectivity index (χ0n) is 12.0. The fourth-order valence-electron chi connectivity index (χ4n) is 0.661. The highest BCUT2D eigenvalue weighted by Crippen LogP contribution is 1.83. The Bertz CT molecular complexity index is 177. The van der Waals surface area contributed by atoms with Gasteiger partial charge >= 0.3 is 12.1 Å². The average molecular weight is 251 g/mol. The molecule has 106 valence electrons. The topological polar surface area (TPSA) is 64.6 Å². The molecule has 0 aromatic heterocycles. The number of carbonyl (C=O) groups excluding carboxylic acids is 2. The Morgan fingerprint density at radius 1 is 1.12 bits per heavy atom. The molecule has 5 nitrogen and oxygen atoms in total. The fraction of sp³-hybridized carbons (Fsp3) is 0.833. The van der Waals surface area contributed by atoms with E-state index in [9.17, 15) is 9.59 Å². The van der Waals surface area contributed by atoms with Crippen LogP contribution in [-0.2, 0) is 14.3 Å². The summed E-state index contributed by atoms with van der Waals surface area (Å²) in [4.78, 5) is 21.0. The first-order valence-corrected chi connectivity index (χ1v) is 6.20. The highest BCUT2D eigenvalue weighted by Gasteiger charge is 1.98. The van der Waals surface area contributed by atoms with E-state index in [0.717, 1.165) is 0 Å². The Balaban J connectivity index is -0.000000177. The summed E-state index contributed by atoms with van der Waals surface area (Å²) >= 11 is 0. The first kappa shape index (κ1) is 21.1. The number of esters is 1. The maximum atomic E-state index is 10.7. The van der Waals surface area contributed by atoms with E-state index in [4.69, 9.17) is 0 Å². The number of amides is 1. The molecule has 0 fully saturated rings. The maximum absolute atomic E-state index is 10.7. The van der Waals surface area contributed by atoms with E-state index in [1.165, 1.54) is 6.92 Å². The van der Waals surface area contributed by atoms with E-state index >= 15 is 0 Å². The van der Waals surface area contributed by atoms with E-state index in [1.807, 2.05) is 27.7 Å². The molecule has 0 aromatic carbocycles. The van der Waals surface area contributed by atoms with Crippen LogP contribution >= 0.6 is 0 Å². The number of alkyl carbamates (subject to hydrolysis) is 1. The molecule has 0 radical (unpaired) electrons. The quantitative estimate of drug-likeness (QED) is 0.602. The number of carbonyl (C=O) groups is 2. The molecule has 0 atom stereocenters. The van der Waals surface area contributed by atoms with Gasteiger partial charge in [0.2, 0.25) is 0 Å². The van der Waals surface area contributed by atoms with Crippen molar-refractivity contribution in [3.05, 3.63) is 0 Å². The Kier molecular flexibility index (Phi) is 25.0. The van der Waals surface area contributed by atoms with E-state index in [2.05, 4.69) is 14.8 Å². The SMILES string of the molecule is CC.CC.CCOC(=O)NCCCOC(C)=O.[HH]. The van der Waals surface area contributed by atoms with Crippen molar-refractivity contribution in [2.75, 3.05) is 19.8 Å². The van der Waals surface area contributed by atoms with Crippen LogP contribution in [0.3, 0.4) is 0 Å². The molecule has 0 spiro atoms. The van der Waals surface area contributed by atoms with Crippen LogP contribution in [-0.4, -0.2) is 31.8 Å². The summed E-state index contributed by atoms with van der Waals surface area (Å²) in [6.07, 6.45) is 0.156. The van der Waals surface area contributed by atoms with Gasteiger partial charge < -0.3 is 14.8 Å². The van der Waals surface area contributed by atoms with E-state index < -0.39 is 6.09 Å². The van der Waals surface area contributed by atoms with Crippen molar-refractivity contribution in [2.24, 2.45) is 0 Å². The van der Waals surface area contributed by atoms with Crippen LogP contribution in [0.5, 0.6) is 0 Å². The summed E-state index contributed by atoms with van der Waals surface area (Å²) in [6, 6.07) is 0. The lowest BCUT2D eigenvalue weighted by Crippen LogP contribution is -2.26. The van der Waals surface area contributed by atoms with E-state index in [1.54, 1.807) is 6.92 Å². The van der Waals surface area contributed by atoms with Gasteiger partial charge in [-0.2, -0.15) is 0 Å². The molecule has 0 saturated carbocycles. The van der Waals surface area contributed by atoms with Gasteiger partial charge in [0.25, 0.3) is 0 Å². The van der Waals surface area contributed by atoms with Crippen LogP contribution < -0.4 is 5.32 Å². The largest absolute Gasteiger partial charge is 0.466 e. The standard InChI is InChI=1S/C8H15NO4.2C2H6.H2/c1-3-12-8(11)9-5-4-6-13-7(2)10;2*1-2;/h3-6H2,1-2H3,(H,9,11);2*1-2H3;1H. The summed E-state index contributed by atoms with van der Waals surface area (Å²) < 4.78 is 9.26. The summed E-state index contributed by atoms with van der Waals surface area (Å²) in [6.45, 7) is 12.2. The summed E-state index contributed by atoms with van der Waals surface area (Å²) in [5.74, 6) is -0.309. The minimum Gasteiger partial charge on any atom is -0.466 e. The molecule has 17 heavy (non-hydrogen) atoms. The van der Waals surface area contributed by atoms with Crippen molar-refractivity contribution in [1.29, 1.82) is 0 Å². The number of hydrogen-bond acceptors (Lipinski definition) is 4. The second kappa shape index (κ2) is 20.2. The molecular formula is C12H29NO4. The minimum absolute atomic E-state index is 0. The molecule has 0 bridgehead atoms. The van der Waals surface area contributed by atoms with Crippen molar-refractivity contribution in [3.8, 4) is 0 Å². The normalized spacial score (nSPS) is 7.65. The van der Waals surface area contributed by atoms with Gasteiger partial charge in [0, 0.05) is 14.9 Å². The smallest absolute Gasteiger partial charge is 0.407 e. The fourth-order valence-corrected chi connectivity index (χ4v) is 0.661. The summed E-state index contributed by atoms with van der Waals surface area (Å²) in [7, 11) is 0. The van der Waals surface area contributed by atoms with Crippen LogP contribution in [0.4, 0.5) is 4.79 Å². The molecule has 1 N–H and O–H groups in total. The second-order valence-corrected chi connectivity index (χ2v) is 2.34. The van der Waals surface area contributed by atoms with E-state index in [-0.39, 0.29) is 7.40 Å². The lowest BCUT2D eigenvalue weighted by atomic mass is 10.4. The van der Waals surface area contributed by atoms with Crippen molar-refractivity contribution in [1.82, 2.24) is 5.32 Å². The third-order valence-electron chi connectivity index (χ3n) is 1.17. The molecule has 0 aromatic rings. The Morgan fingerprint density at radius 3 is 2.06 bits per heavy atom. The van der Waals surface area contributed by atoms with Crippen LogP contribution in [0.1, 0.15) is 49.4 Å². The predicted molar refractivity (Wildman–Crippen MR) is 71.1 cm³/mol. The van der Waals surface area contributed by atoms with E-state index in [0.29, 0.717) is 26.2 Å². The molecule has 1 amide bonds. The van der Waals surface area contributed by atoms with Crippen LogP contribution in [0.2, 0.25) is 0 Å². The van der Waals surface area contributed by atoms with Gasteiger partial charge in [-0.05, 0) is 13.3 Å². The molecule has 0 aliphatic carbocycles. The molecule has 0 aliphatic rings. The highest BCUT2D eigenvalue weighted by molar-refractivity contribution is 5.67. The Labute approximate surface area is 106 Å². The van der Waals surface area contributed by atoms with Gasteiger partial charge in [-0.25, -0.2) is 4.79 Å². The van der Waals surface area contributed by atoms with Gasteiger partial charge in [0.1, 0.15) is 0 Å². The average Bonchev–Trinajstić information content (AvgIpc) is 2.34. The van der Waals surface area contributed by atoms with Gasteiger partial charge in [-0.15, -0.1) is 0 Å². The molecule has 0 aliphatic heterocycles. The van der Waals surface area contributed by atoms with Gasteiger partial charge in [-0.3, -0.25) is 4.79 Å². The summed E-state index contributed by atoms with van der Waals surface area (Å²) in [5, 5.41) is 2.50. The molecule has 0 heterocycles. The van der Waals surface area contributed by atoms with Gasteiger partial charge in [-0.1, -0.05) is 27.7 Å². The predicted octanol–water partition coefficient (Wildman–Crippen LogP) is 2.98. The van der Waals surface area contributed by atoms with Crippen molar-refractivity contribution in [3.63, 3.8) is 0 Å². The van der Waals surface area contributed by atoms with Crippen molar-refractivity contribution >= 4 is 12.1 Å². The molecule has 0 saturated heterocycles. The number of ether oxygens (including phenoxy) is 2. The molecule has 5 heteroatoms. The molecule has 0 rings (SSSR count). The molecular weight excluding hydrogens is 222 g/mol. The van der Waals surface area contributed by atoms with Crippen LogP contribution in [0.15, 0.2) is 0 Å². The first-order chi connectivity index (χ1) is 8.16. The number of nitrogens with one attached hydrogen (secondary N) is 1. The number of rotatable bonds is 5.